The van der Waals surface area contributed by atoms with Gasteiger partial charge in [0.2, 0.25) is 0 Å². The topological polar surface area (TPSA) is 61.4 Å². The molecule has 2 rings (SSSR count). The maximum Gasteiger partial charge on any atom is 0.429 e. The van der Waals surface area contributed by atoms with E-state index in [0.717, 1.165) is 9.04 Å². The third-order valence-electron chi connectivity index (χ3n) is 1.99. The third kappa shape index (κ3) is 1.76. The number of fused-ring (bicyclic) bond motifs is 1. The van der Waals surface area contributed by atoms with E-state index in [9.17, 15) is 9.59 Å². The van der Waals surface area contributed by atoms with Crippen LogP contribution in [0.25, 0.3) is 11.1 Å². The summed E-state index contributed by atoms with van der Waals surface area (Å²) in [6.45, 7) is 1.87. The SMILES string of the molecule is CCOC(=O)n1c(=O)oc2ccc(Br)cc21. The maximum atomic E-state index is 11.5. The Morgan fingerprint density at radius 3 is 3.00 bits per heavy atom. The number of benzene rings is 1. The van der Waals surface area contributed by atoms with Gasteiger partial charge in [-0.05, 0) is 25.1 Å². The third-order valence-corrected chi connectivity index (χ3v) is 2.49. The van der Waals surface area contributed by atoms with Crippen molar-refractivity contribution in [2.45, 2.75) is 6.92 Å². The number of hydrogen-bond acceptors (Lipinski definition) is 4. The Morgan fingerprint density at radius 2 is 2.31 bits per heavy atom. The fourth-order valence-electron chi connectivity index (χ4n) is 1.35. The molecular weight excluding hydrogens is 278 g/mol. The van der Waals surface area contributed by atoms with Crippen LogP contribution in [0.5, 0.6) is 0 Å². The second-order valence-corrected chi connectivity index (χ2v) is 3.93. The minimum absolute atomic E-state index is 0.200. The molecule has 2 aromatic rings. The number of rotatable bonds is 1. The van der Waals surface area contributed by atoms with Gasteiger partial charge in [0, 0.05) is 4.47 Å². The first-order chi connectivity index (χ1) is 7.63. The van der Waals surface area contributed by atoms with Crippen LogP contribution in [0, 0.1) is 0 Å². The van der Waals surface area contributed by atoms with Gasteiger partial charge in [0.15, 0.2) is 5.58 Å². The van der Waals surface area contributed by atoms with Crippen LogP contribution in [0.2, 0.25) is 0 Å². The van der Waals surface area contributed by atoms with Gasteiger partial charge in [0.1, 0.15) is 5.52 Å². The molecule has 0 saturated carbocycles. The molecule has 0 aliphatic rings. The lowest BCUT2D eigenvalue weighted by molar-refractivity contribution is 0.153. The number of hydrogen-bond donors (Lipinski definition) is 0. The van der Waals surface area contributed by atoms with Crippen LogP contribution in [-0.2, 0) is 4.74 Å². The molecule has 0 radical (unpaired) electrons. The molecule has 5 nitrogen and oxygen atoms in total. The van der Waals surface area contributed by atoms with Crippen molar-refractivity contribution in [1.82, 2.24) is 4.57 Å². The Hall–Kier alpha value is -1.56. The van der Waals surface area contributed by atoms with Gasteiger partial charge in [0.25, 0.3) is 0 Å². The van der Waals surface area contributed by atoms with E-state index in [0.29, 0.717) is 11.1 Å². The highest BCUT2D eigenvalue weighted by Crippen LogP contribution is 2.18. The van der Waals surface area contributed by atoms with Gasteiger partial charge in [-0.25, -0.2) is 9.59 Å². The zero-order valence-corrected chi connectivity index (χ0v) is 9.98. The molecule has 0 fully saturated rings. The maximum absolute atomic E-state index is 11.5. The molecule has 84 valence electrons. The molecule has 0 atom stereocenters. The highest BCUT2D eigenvalue weighted by Gasteiger charge is 2.16. The van der Waals surface area contributed by atoms with E-state index in [2.05, 4.69) is 15.9 Å². The lowest BCUT2D eigenvalue weighted by Gasteiger charge is -2.00. The van der Waals surface area contributed by atoms with Crippen LogP contribution < -0.4 is 5.76 Å². The highest BCUT2D eigenvalue weighted by atomic mass is 79.9. The molecule has 0 spiro atoms. The van der Waals surface area contributed by atoms with E-state index in [4.69, 9.17) is 9.15 Å². The summed E-state index contributed by atoms with van der Waals surface area (Å²) in [6.07, 6.45) is -0.732. The second-order valence-electron chi connectivity index (χ2n) is 3.01. The lowest BCUT2D eigenvalue weighted by atomic mass is 10.3. The molecule has 0 bridgehead atoms. The molecule has 0 saturated heterocycles. The zero-order chi connectivity index (χ0) is 11.7. The predicted octanol–water partition coefficient (Wildman–Crippen LogP) is 2.36. The standard InChI is InChI=1S/C10H8BrNO4/c1-2-15-9(13)12-7-5-6(11)3-4-8(7)16-10(12)14/h3-5H,2H2,1H3. The molecule has 0 N–H and O–H groups in total. The molecular formula is C10H8BrNO4. The second kappa shape index (κ2) is 4.13. The molecule has 1 aromatic carbocycles. The number of halogens is 1. The Bertz CT molecular complexity index is 598. The average Bonchev–Trinajstić information content (AvgIpc) is 2.53. The van der Waals surface area contributed by atoms with Crippen molar-refractivity contribution >= 4 is 33.1 Å². The summed E-state index contributed by atoms with van der Waals surface area (Å²) in [7, 11) is 0. The van der Waals surface area contributed by atoms with Crippen molar-refractivity contribution in [3.63, 3.8) is 0 Å². The zero-order valence-electron chi connectivity index (χ0n) is 8.40. The van der Waals surface area contributed by atoms with Gasteiger partial charge in [-0.15, -0.1) is 0 Å². The van der Waals surface area contributed by atoms with E-state index in [-0.39, 0.29) is 6.61 Å². The molecule has 6 heteroatoms. The van der Waals surface area contributed by atoms with Crippen molar-refractivity contribution in [3.8, 4) is 0 Å². The smallest absolute Gasteiger partial charge is 0.429 e. The van der Waals surface area contributed by atoms with Gasteiger partial charge < -0.3 is 9.15 Å². The molecule has 0 amide bonds. The van der Waals surface area contributed by atoms with Gasteiger partial charge in [0.05, 0.1) is 6.61 Å². The minimum atomic E-state index is -0.744. The number of nitrogens with zero attached hydrogens (tertiary/aromatic N) is 1. The van der Waals surface area contributed by atoms with Crippen molar-refractivity contribution in [1.29, 1.82) is 0 Å². The fourth-order valence-corrected chi connectivity index (χ4v) is 1.70. The highest BCUT2D eigenvalue weighted by molar-refractivity contribution is 9.10. The molecule has 0 unspecified atom stereocenters. The summed E-state index contributed by atoms with van der Waals surface area (Å²) >= 11 is 3.25. The van der Waals surface area contributed by atoms with E-state index in [1.54, 1.807) is 25.1 Å². The van der Waals surface area contributed by atoms with Crippen LogP contribution in [-0.4, -0.2) is 17.3 Å². The monoisotopic (exact) mass is 285 g/mol. The van der Waals surface area contributed by atoms with Gasteiger partial charge in [-0.2, -0.15) is 4.57 Å². The summed E-state index contributed by atoms with van der Waals surface area (Å²) < 4.78 is 11.3. The normalized spacial score (nSPS) is 10.6. The van der Waals surface area contributed by atoms with E-state index in [1.807, 2.05) is 0 Å². The van der Waals surface area contributed by atoms with Crippen molar-refractivity contribution < 1.29 is 13.9 Å². The summed E-state index contributed by atoms with van der Waals surface area (Å²) in [6, 6.07) is 4.95. The van der Waals surface area contributed by atoms with E-state index >= 15 is 0 Å². The van der Waals surface area contributed by atoms with Gasteiger partial charge in [-0.1, -0.05) is 15.9 Å². The van der Waals surface area contributed by atoms with Crippen LogP contribution in [0.4, 0.5) is 4.79 Å². The largest absolute Gasteiger partial charge is 0.449 e. The summed E-state index contributed by atoms with van der Waals surface area (Å²) in [5.74, 6) is -0.744. The number of ether oxygens (including phenoxy) is 1. The summed E-state index contributed by atoms with van der Waals surface area (Å²) in [5, 5.41) is 0. The molecule has 16 heavy (non-hydrogen) atoms. The average molecular weight is 286 g/mol. The first-order valence-electron chi connectivity index (χ1n) is 4.61. The van der Waals surface area contributed by atoms with Crippen LogP contribution in [0.1, 0.15) is 6.92 Å². The minimum Gasteiger partial charge on any atom is -0.449 e. The number of carbonyl (C=O) groups excluding carboxylic acids is 1. The first kappa shape index (κ1) is 10.9. The van der Waals surface area contributed by atoms with Crippen molar-refractivity contribution in [2.24, 2.45) is 0 Å². The Morgan fingerprint density at radius 1 is 1.56 bits per heavy atom. The summed E-state index contributed by atoms with van der Waals surface area (Å²) in [5.41, 5.74) is 0.735. The van der Waals surface area contributed by atoms with E-state index < -0.39 is 11.8 Å². The number of oxazole rings is 1. The van der Waals surface area contributed by atoms with Crippen LogP contribution in [0.15, 0.2) is 31.9 Å². The molecule has 0 aliphatic heterocycles. The molecule has 1 heterocycles. The quantitative estimate of drug-likeness (QED) is 0.807. The lowest BCUT2D eigenvalue weighted by Crippen LogP contribution is -2.23. The molecule has 1 aromatic heterocycles. The Labute approximate surface area is 98.7 Å². The summed E-state index contributed by atoms with van der Waals surface area (Å²) in [4.78, 5) is 23.0. The Kier molecular flexibility index (Phi) is 2.82. The fraction of sp³-hybridized carbons (Fsp3) is 0.200. The predicted molar refractivity (Wildman–Crippen MR) is 60.6 cm³/mol. The molecule has 0 aliphatic carbocycles. The van der Waals surface area contributed by atoms with Gasteiger partial charge >= 0.3 is 11.8 Å². The van der Waals surface area contributed by atoms with Crippen molar-refractivity contribution in [3.05, 3.63) is 33.2 Å². The van der Waals surface area contributed by atoms with Crippen LogP contribution >= 0.6 is 15.9 Å². The number of carbonyl (C=O) groups is 1. The van der Waals surface area contributed by atoms with Crippen LogP contribution in [0.3, 0.4) is 0 Å². The Balaban J connectivity index is 2.67. The van der Waals surface area contributed by atoms with Gasteiger partial charge in [-0.3, -0.25) is 0 Å². The van der Waals surface area contributed by atoms with Crippen molar-refractivity contribution in [2.75, 3.05) is 6.61 Å². The number of aromatic nitrogens is 1. The first-order valence-corrected chi connectivity index (χ1v) is 5.41. The van der Waals surface area contributed by atoms with E-state index in [1.165, 1.54) is 0 Å².